The van der Waals surface area contributed by atoms with Crippen LogP contribution in [0.4, 0.5) is 5.82 Å². The van der Waals surface area contributed by atoms with Crippen LogP contribution < -0.4 is 4.90 Å². The molecule has 0 radical (unpaired) electrons. The Labute approximate surface area is 194 Å². The summed E-state index contributed by atoms with van der Waals surface area (Å²) >= 11 is 6.31. The zero-order valence-corrected chi connectivity index (χ0v) is 20.2. The zero-order chi connectivity index (χ0) is 22.2. The summed E-state index contributed by atoms with van der Waals surface area (Å²) < 4.78 is 11.5. The van der Waals surface area contributed by atoms with Crippen molar-refractivity contribution in [1.82, 2.24) is 9.97 Å². The highest BCUT2D eigenvalue weighted by atomic mass is 35.5. The molecule has 174 valence electrons. The first-order valence-electron chi connectivity index (χ1n) is 11.1. The van der Waals surface area contributed by atoms with Crippen molar-refractivity contribution in [2.45, 2.75) is 44.3 Å². The van der Waals surface area contributed by atoms with Crippen LogP contribution in [-0.2, 0) is 9.26 Å². The summed E-state index contributed by atoms with van der Waals surface area (Å²) in [5.41, 5.74) is 1.87. The summed E-state index contributed by atoms with van der Waals surface area (Å²) in [4.78, 5) is 39.1. The fourth-order valence-corrected chi connectivity index (χ4v) is 7.04. The Morgan fingerprint density at radius 3 is 2.62 bits per heavy atom. The van der Waals surface area contributed by atoms with Crippen molar-refractivity contribution in [2.75, 3.05) is 30.5 Å². The van der Waals surface area contributed by atoms with Crippen LogP contribution in [-0.4, -0.2) is 56.4 Å². The molecule has 8 nitrogen and oxygen atoms in total. The molecule has 2 aromatic rings. The van der Waals surface area contributed by atoms with Crippen molar-refractivity contribution in [1.29, 1.82) is 0 Å². The molecule has 0 amide bonds. The van der Waals surface area contributed by atoms with E-state index in [1.165, 1.54) is 19.3 Å². The highest BCUT2D eigenvalue weighted by Gasteiger charge is 2.37. The first kappa shape index (κ1) is 23.1. The van der Waals surface area contributed by atoms with E-state index in [0.717, 1.165) is 60.1 Å². The SMILES string of the molecule is OP(O)CP(O)OCC1CCC(c2ccc3c(N4CC5CCCC5C4)nc(Cl)nc3c2)O1. The van der Waals surface area contributed by atoms with E-state index >= 15 is 0 Å². The molecule has 5 atom stereocenters. The average Bonchev–Trinajstić information content (AvgIpc) is 3.47. The fourth-order valence-electron chi connectivity index (χ4n) is 5.34. The zero-order valence-electron chi connectivity index (χ0n) is 17.7. The second-order valence-electron chi connectivity index (χ2n) is 8.93. The van der Waals surface area contributed by atoms with Gasteiger partial charge in [0.2, 0.25) is 5.28 Å². The lowest BCUT2D eigenvalue weighted by Gasteiger charge is -2.21. The van der Waals surface area contributed by atoms with Gasteiger partial charge in [-0.2, -0.15) is 4.98 Å². The van der Waals surface area contributed by atoms with Crippen LogP contribution in [0.3, 0.4) is 0 Å². The minimum absolute atomic E-state index is 0.0749. The third kappa shape index (κ3) is 5.03. The first-order chi connectivity index (χ1) is 15.5. The van der Waals surface area contributed by atoms with Gasteiger partial charge in [0.15, 0.2) is 16.8 Å². The minimum Gasteiger partial charge on any atom is -0.368 e. The van der Waals surface area contributed by atoms with Crippen LogP contribution in [0, 0.1) is 11.8 Å². The Morgan fingerprint density at radius 2 is 1.88 bits per heavy atom. The highest BCUT2D eigenvalue weighted by molar-refractivity contribution is 7.63. The molecule has 1 saturated carbocycles. The van der Waals surface area contributed by atoms with E-state index in [9.17, 15) is 4.89 Å². The summed E-state index contributed by atoms with van der Waals surface area (Å²) in [6.45, 7) is 2.33. The van der Waals surface area contributed by atoms with Crippen molar-refractivity contribution in [2.24, 2.45) is 11.8 Å². The van der Waals surface area contributed by atoms with Crippen molar-refractivity contribution >= 4 is 45.1 Å². The summed E-state index contributed by atoms with van der Waals surface area (Å²) in [5.74, 6) is 2.35. The van der Waals surface area contributed by atoms with Crippen LogP contribution in [0.2, 0.25) is 5.28 Å². The van der Waals surface area contributed by atoms with Gasteiger partial charge < -0.3 is 28.8 Å². The number of rotatable bonds is 7. The largest absolute Gasteiger partial charge is 0.368 e. The molecule has 3 fully saturated rings. The maximum absolute atomic E-state index is 9.73. The molecule has 11 heteroatoms. The first-order valence-corrected chi connectivity index (χ1v) is 14.3. The van der Waals surface area contributed by atoms with Crippen LogP contribution in [0.5, 0.6) is 0 Å². The van der Waals surface area contributed by atoms with E-state index in [2.05, 4.69) is 27.0 Å². The number of fused-ring (bicyclic) bond motifs is 2. The van der Waals surface area contributed by atoms with E-state index in [4.69, 9.17) is 30.6 Å². The van der Waals surface area contributed by atoms with Crippen LogP contribution in [0.1, 0.15) is 43.8 Å². The van der Waals surface area contributed by atoms with E-state index in [-0.39, 0.29) is 30.0 Å². The van der Waals surface area contributed by atoms with Gasteiger partial charge in [0.25, 0.3) is 0 Å². The van der Waals surface area contributed by atoms with Gasteiger partial charge in [0, 0.05) is 18.5 Å². The molecule has 0 bridgehead atoms. The summed E-state index contributed by atoms with van der Waals surface area (Å²) in [5, 5.41) is 1.29. The Balaban J connectivity index is 1.28. The lowest BCUT2D eigenvalue weighted by molar-refractivity contribution is 0.0178. The van der Waals surface area contributed by atoms with E-state index in [1.807, 2.05) is 6.07 Å². The third-order valence-electron chi connectivity index (χ3n) is 6.84. The van der Waals surface area contributed by atoms with Gasteiger partial charge in [-0.1, -0.05) is 12.5 Å². The molecule has 5 rings (SSSR count). The smallest absolute Gasteiger partial charge is 0.224 e. The van der Waals surface area contributed by atoms with Crippen LogP contribution in [0.25, 0.3) is 10.9 Å². The predicted molar refractivity (Wildman–Crippen MR) is 126 cm³/mol. The second-order valence-corrected chi connectivity index (χ2v) is 12.1. The Bertz CT molecular complexity index is 958. The number of hydrogen-bond donors (Lipinski definition) is 3. The molecule has 1 aromatic carbocycles. The van der Waals surface area contributed by atoms with Crippen LogP contribution in [0.15, 0.2) is 18.2 Å². The molecule has 3 heterocycles. The molecule has 32 heavy (non-hydrogen) atoms. The summed E-state index contributed by atoms with van der Waals surface area (Å²) in [6.07, 6.45) is 5.41. The number of nitrogens with zero attached hydrogens (tertiary/aromatic N) is 3. The lowest BCUT2D eigenvalue weighted by Crippen LogP contribution is -2.22. The van der Waals surface area contributed by atoms with Gasteiger partial charge in [-0.25, -0.2) is 4.98 Å². The highest BCUT2D eigenvalue weighted by Crippen LogP contribution is 2.45. The molecule has 5 unspecified atom stereocenters. The molecular weight excluding hydrogens is 472 g/mol. The van der Waals surface area contributed by atoms with Crippen molar-refractivity contribution in [3.8, 4) is 0 Å². The standard InChI is InChI=1S/C21H28ClN3O5P2/c22-21-23-18-8-13(19-7-5-16(30-19)11-29-32(28)12-31(26)27)4-6-17(18)20(24-21)25-9-14-2-1-3-15(14)10-25/h4,6,8,14-16,19,26-28H,1-3,5,7,9-12H2. The normalized spacial score (nSPS) is 28.7. The number of hydrogen-bond acceptors (Lipinski definition) is 8. The maximum Gasteiger partial charge on any atom is 0.224 e. The topological polar surface area (TPSA) is 108 Å². The Hall–Kier alpha value is -0.690. The number of benzene rings is 1. The molecule has 1 aromatic heterocycles. The van der Waals surface area contributed by atoms with Crippen molar-refractivity contribution in [3.63, 3.8) is 0 Å². The summed E-state index contributed by atoms with van der Waals surface area (Å²) in [7, 11) is -3.98. The molecule has 3 aliphatic rings. The van der Waals surface area contributed by atoms with Crippen molar-refractivity contribution in [3.05, 3.63) is 29.0 Å². The lowest BCUT2D eigenvalue weighted by atomic mass is 10.0. The molecule has 1 aliphatic carbocycles. The minimum atomic E-state index is -2.15. The molecule has 0 spiro atoms. The third-order valence-corrected chi connectivity index (χ3v) is 9.43. The van der Waals surface area contributed by atoms with Gasteiger partial charge in [0.1, 0.15) is 5.82 Å². The van der Waals surface area contributed by atoms with E-state index < -0.39 is 16.8 Å². The van der Waals surface area contributed by atoms with Gasteiger partial charge in [-0.15, -0.1) is 0 Å². The van der Waals surface area contributed by atoms with E-state index in [1.54, 1.807) is 0 Å². The van der Waals surface area contributed by atoms with Crippen LogP contribution >= 0.6 is 28.4 Å². The molecular formula is C21H28ClN3O5P2. The second kappa shape index (κ2) is 9.89. The number of ether oxygens (including phenoxy) is 1. The van der Waals surface area contributed by atoms with E-state index in [0.29, 0.717) is 0 Å². The summed E-state index contributed by atoms with van der Waals surface area (Å²) in [6, 6.07) is 6.20. The van der Waals surface area contributed by atoms with Gasteiger partial charge in [-0.3, -0.25) is 0 Å². The monoisotopic (exact) mass is 499 g/mol. The van der Waals surface area contributed by atoms with Gasteiger partial charge in [0.05, 0.1) is 30.2 Å². The predicted octanol–water partition coefficient (Wildman–Crippen LogP) is 4.31. The fraction of sp³-hybridized carbons (Fsp3) is 0.619. The quantitative estimate of drug-likeness (QED) is 0.382. The Kier molecular flexibility index (Phi) is 7.13. The Morgan fingerprint density at radius 1 is 1.09 bits per heavy atom. The molecule has 2 saturated heterocycles. The average molecular weight is 500 g/mol. The number of halogens is 1. The number of anilines is 1. The van der Waals surface area contributed by atoms with Gasteiger partial charge in [-0.05, 0) is 66.8 Å². The van der Waals surface area contributed by atoms with Crippen molar-refractivity contribution < 1.29 is 23.9 Å². The number of aromatic nitrogens is 2. The van der Waals surface area contributed by atoms with Gasteiger partial charge >= 0.3 is 0 Å². The maximum atomic E-state index is 9.73. The molecule has 3 N–H and O–H groups in total. The molecule has 2 aliphatic heterocycles.